The van der Waals surface area contributed by atoms with Crippen molar-refractivity contribution in [3.8, 4) is 0 Å². The van der Waals surface area contributed by atoms with Gasteiger partial charge in [0.05, 0.1) is 6.42 Å². The van der Waals surface area contributed by atoms with E-state index >= 15 is 0 Å². The van der Waals surface area contributed by atoms with Crippen molar-refractivity contribution >= 4 is 23.6 Å². The molecule has 1 amide bonds. The first-order chi connectivity index (χ1) is 15.9. The summed E-state index contributed by atoms with van der Waals surface area (Å²) < 4.78 is 0. The number of carboxylic acid groups (broad SMARTS) is 1. The number of aryl methyl sites for hydroxylation is 1. The Morgan fingerprint density at radius 2 is 1.61 bits per heavy atom. The molecule has 0 saturated heterocycles. The minimum atomic E-state index is -1.18. The molecule has 1 atom stereocenters. The summed E-state index contributed by atoms with van der Waals surface area (Å²) in [7, 11) is 0. The van der Waals surface area contributed by atoms with Gasteiger partial charge in [0.2, 0.25) is 5.91 Å². The average molecular weight is 454 g/mol. The van der Waals surface area contributed by atoms with Gasteiger partial charge in [0.1, 0.15) is 11.8 Å². The molecule has 33 heavy (non-hydrogen) atoms. The van der Waals surface area contributed by atoms with E-state index in [0.29, 0.717) is 19.4 Å². The maximum atomic E-state index is 13.0. The first kappa shape index (κ1) is 25.5. The monoisotopic (exact) mass is 453 g/mol. The van der Waals surface area contributed by atoms with E-state index in [-0.39, 0.29) is 37.6 Å². The average Bonchev–Trinajstić information content (AvgIpc) is 2.80. The lowest BCUT2D eigenvalue weighted by Gasteiger charge is -2.29. The van der Waals surface area contributed by atoms with E-state index in [4.69, 9.17) is 11.1 Å². The van der Waals surface area contributed by atoms with Crippen LogP contribution in [0.1, 0.15) is 36.8 Å². The Morgan fingerprint density at radius 3 is 2.18 bits per heavy atom. The molecule has 0 bridgehead atoms. The number of nitrogens with one attached hydrogen (secondary N) is 3. The van der Waals surface area contributed by atoms with Crippen LogP contribution < -0.4 is 16.5 Å². The summed E-state index contributed by atoms with van der Waals surface area (Å²) in [4.78, 5) is 37.4. The van der Waals surface area contributed by atoms with Crippen LogP contribution in [0.4, 0.5) is 0 Å². The van der Waals surface area contributed by atoms with Gasteiger partial charge in [0, 0.05) is 19.5 Å². The number of carboxylic acids is 1. The van der Waals surface area contributed by atoms with Crippen LogP contribution in [0, 0.1) is 5.41 Å². The van der Waals surface area contributed by atoms with Crippen LogP contribution in [-0.2, 0) is 27.3 Å². The number of rotatable bonds is 14. The van der Waals surface area contributed by atoms with Gasteiger partial charge in [-0.25, -0.2) is 10.2 Å². The lowest BCUT2D eigenvalue weighted by atomic mass is 10.1. The van der Waals surface area contributed by atoms with Crippen molar-refractivity contribution in [3.63, 3.8) is 0 Å². The topological polar surface area (TPSA) is 149 Å². The highest BCUT2D eigenvalue weighted by molar-refractivity contribution is 5.99. The van der Waals surface area contributed by atoms with Crippen LogP contribution >= 0.6 is 0 Å². The molecule has 0 spiro atoms. The number of hydrazine groups is 1. The number of Topliss-reactive ketones (excluding diaryl/α,β-unsaturated/α-hetero) is 1. The number of nitrogens with two attached hydrogens (primary N) is 1. The van der Waals surface area contributed by atoms with E-state index in [2.05, 4.69) is 10.7 Å². The number of guanidine groups is 1. The molecular formula is C24H31N5O4. The molecule has 9 heteroatoms. The van der Waals surface area contributed by atoms with Gasteiger partial charge in [-0.05, 0) is 30.4 Å². The summed E-state index contributed by atoms with van der Waals surface area (Å²) in [5.41, 5.74) is 10.0. The largest absolute Gasteiger partial charge is 0.480 e. The third-order valence-corrected chi connectivity index (χ3v) is 5.02. The molecule has 176 valence electrons. The van der Waals surface area contributed by atoms with Gasteiger partial charge >= 0.3 is 5.97 Å². The Bertz CT molecular complexity index is 921. The van der Waals surface area contributed by atoms with Crippen LogP contribution in [0.5, 0.6) is 0 Å². The zero-order chi connectivity index (χ0) is 24.1. The summed E-state index contributed by atoms with van der Waals surface area (Å²) in [5.74, 6) is -2.22. The van der Waals surface area contributed by atoms with Gasteiger partial charge in [-0.2, -0.15) is 0 Å². The second-order valence-electron chi connectivity index (χ2n) is 7.62. The fraction of sp³-hybridized carbons (Fsp3) is 0.333. The lowest BCUT2D eigenvalue weighted by molar-refractivity contribution is -0.155. The minimum Gasteiger partial charge on any atom is -0.480 e. The number of nitrogens with zero attached hydrogens (tertiary/aromatic N) is 1. The van der Waals surface area contributed by atoms with Crippen molar-refractivity contribution in [2.24, 2.45) is 5.73 Å². The highest BCUT2D eigenvalue weighted by atomic mass is 16.4. The number of carbonyl (C=O) groups is 3. The molecule has 0 unspecified atom stereocenters. The van der Waals surface area contributed by atoms with Gasteiger partial charge in [-0.15, -0.1) is 0 Å². The Labute approximate surface area is 193 Å². The van der Waals surface area contributed by atoms with Crippen LogP contribution in [-0.4, -0.2) is 46.3 Å². The van der Waals surface area contributed by atoms with Crippen molar-refractivity contribution in [1.82, 2.24) is 15.8 Å². The first-order valence-corrected chi connectivity index (χ1v) is 10.8. The molecular weight excluding hydrogens is 422 g/mol. The van der Waals surface area contributed by atoms with Gasteiger partial charge in [-0.1, -0.05) is 60.7 Å². The molecule has 0 aliphatic heterocycles. The zero-order valence-electron chi connectivity index (χ0n) is 18.5. The third kappa shape index (κ3) is 9.53. The van der Waals surface area contributed by atoms with Crippen molar-refractivity contribution in [2.45, 2.75) is 44.7 Å². The smallest absolute Gasteiger partial charge is 0.328 e. The highest BCUT2D eigenvalue weighted by Crippen LogP contribution is 2.11. The Balaban J connectivity index is 2.04. The number of ketones is 1. The van der Waals surface area contributed by atoms with Crippen molar-refractivity contribution in [2.75, 3.05) is 6.54 Å². The number of aliphatic carboxylic acids is 1. The minimum absolute atomic E-state index is 0.126. The van der Waals surface area contributed by atoms with Gasteiger partial charge < -0.3 is 16.2 Å². The third-order valence-electron chi connectivity index (χ3n) is 5.02. The van der Waals surface area contributed by atoms with Crippen molar-refractivity contribution in [3.05, 3.63) is 71.8 Å². The van der Waals surface area contributed by atoms with Crippen molar-refractivity contribution in [1.29, 1.82) is 5.41 Å². The number of hydrogen-bond acceptors (Lipinski definition) is 5. The molecule has 0 aliphatic carbocycles. The molecule has 9 nitrogen and oxygen atoms in total. The van der Waals surface area contributed by atoms with Crippen LogP contribution in [0.15, 0.2) is 60.7 Å². The highest BCUT2D eigenvalue weighted by Gasteiger charge is 2.30. The number of amides is 1. The quantitative estimate of drug-likeness (QED) is 0.0963. The Hall–Kier alpha value is -3.72. The first-order valence-electron chi connectivity index (χ1n) is 10.8. The number of carbonyl (C=O) groups excluding carboxylic acids is 2. The Morgan fingerprint density at radius 1 is 1.00 bits per heavy atom. The summed E-state index contributed by atoms with van der Waals surface area (Å²) in [6.45, 7) is 0.538. The molecule has 2 aromatic carbocycles. The molecule has 2 aromatic rings. The molecule has 0 heterocycles. The predicted molar refractivity (Wildman–Crippen MR) is 125 cm³/mol. The fourth-order valence-electron chi connectivity index (χ4n) is 3.30. The molecule has 0 radical (unpaired) electrons. The Kier molecular flexibility index (Phi) is 10.6. The predicted octanol–water partition coefficient (Wildman–Crippen LogP) is 1.83. The number of benzene rings is 2. The standard InChI is InChI=1S/C24H31N5O4/c25-24(26)27-15-7-12-21(23(32)33)29(28-17-19-10-5-2-6-11-19)22(31)16-20(30)14-13-18-8-3-1-4-9-18/h1-6,8-11,21,28H,7,12-17H2,(H,32,33)(H4,25,26,27)/t21-/m0/s1. The SMILES string of the molecule is N=C(N)NCCC[C@@H](C(=O)O)N(NCc1ccccc1)C(=O)CC(=O)CCc1ccccc1. The maximum Gasteiger partial charge on any atom is 0.328 e. The zero-order valence-corrected chi connectivity index (χ0v) is 18.5. The van der Waals surface area contributed by atoms with E-state index in [1.165, 1.54) is 0 Å². The van der Waals surface area contributed by atoms with Gasteiger partial charge in [0.15, 0.2) is 5.96 Å². The maximum absolute atomic E-state index is 13.0. The fourth-order valence-corrected chi connectivity index (χ4v) is 3.30. The molecule has 6 N–H and O–H groups in total. The van der Waals surface area contributed by atoms with E-state index in [9.17, 15) is 19.5 Å². The van der Waals surface area contributed by atoms with Crippen LogP contribution in [0.3, 0.4) is 0 Å². The summed E-state index contributed by atoms with van der Waals surface area (Å²) in [5, 5.41) is 20.7. The number of hydrogen-bond donors (Lipinski definition) is 5. The van der Waals surface area contributed by atoms with Crippen molar-refractivity contribution < 1.29 is 19.5 Å². The molecule has 2 rings (SSSR count). The summed E-state index contributed by atoms with van der Waals surface area (Å²) in [6, 6.07) is 17.6. The van der Waals surface area contributed by atoms with E-state index in [1.807, 2.05) is 60.7 Å². The van der Waals surface area contributed by atoms with Gasteiger partial charge in [-0.3, -0.25) is 20.0 Å². The van der Waals surface area contributed by atoms with E-state index in [1.54, 1.807) is 0 Å². The van der Waals surface area contributed by atoms with E-state index < -0.39 is 17.9 Å². The lowest BCUT2D eigenvalue weighted by Crippen LogP contribution is -2.53. The molecule has 0 aliphatic rings. The van der Waals surface area contributed by atoms with E-state index in [0.717, 1.165) is 16.1 Å². The van der Waals surface area contributed by atoms with Crippen LogP contribution in [0.25, 0.3) is 0 Å². The van der Waals surface area contributed by atoms with Crippen LogP contribution in [0.2, 0.25) is 0 Å². The normalized spacial score (nSPS) is 11.4. The molecule has 0 saturated carbocycles. The van der Waals surface area contributed by atoms with Gasteiger partial charge in [0.25, 0.3) is 0 Å². The molecule has 0 fully saturated rings. The second-order valence-corrected chi connectivity index (χ2v) is 7.62. The summed E-state index contributed by atoms with van der Waals surface area (Å²) in [6.07, 6.45) is 0.826. The molecule has 0 aromatic heterocycles. The second kappa shape index (κ2) is 13.6. The summed E-state index contributed by atoms with van der Waals surface area (Å²) >= 11 is 0.